The summed E-state index contributed by atoms with van der Waals surface area (Å²) < 4.78 is 11.0. The van der Waals surface area contributed by atoms with Crippen LogP contribution in [0.25, 0.3) is 11.0 Å². The van der Waals surface area contributed by atoms with E-state index in [1.165, 1.54) is 32.1 Å². The van der Waals surface area contributed by atoms with Crippen molar-refractivity contribution in [3.05, 3.63) is 123 Å². The van der Waals surface area contributed by atoms with Crippen molar-refractivity contribution in [1.82, 2.24) is 45.2 Å². The van der Waals surface area contributed by atoms with Crippen LogP contribution in [0.15, 0.2) is 83.9 Å². The molecule has 2 aliphatic carbocycles. The standard InChI is InChI=1S/C41H58N8O3.C24H31N3O4/c1-2-33-27-36-37(44-39(33)51)25-32(28-42-36)30-47-19-21-48(22-20-47)34-11-12-35(43-29-34)40(52)45-41(14-8-15-41)13-6-7-16-46-17-23-49(24-18-46)38(50)26-31-9-4-3-5-10-31;1-3-31-22-13-21(30-2)10-9-19(22)14-26-15-23(28)27-11-5-8-20(16-27)17-6-4-7-18(12-17)24(25)29/h11-12,25,27-29,31H,2-10,13-24,26,30H2,1H3,(H,44,51)(H,45,52);4,6-7,9-10,12-13,20,26H,3,5,8,11,14-16H2,1-2H3,(H2,25,29). The second-order valence-electron chi connectivity index (χ2n) is 23.6. The molecule has 1 unspecified atom stereocenters. The van der Waals surface area contributed by atoms with Crippen LogP contribution in [-0.2, 0) is 29.1 Å². The number of anilines is 1. The average molecular weight is 1140 g/mol. The number of hydrogen-bond acceptors (Lipinski definition) is 13. The highest BCUT2D eigenvalue weighted by atomic mass is 16.5. The second-order valence-corrected chi connectivity index (χ2v) is 23.6. The van der Waals surface area contributed by atoms with E-state index in [-0.39, 0.29) is 35.4 Å². The number of nitrogens with two attached hydrogens (primary N) is 1. The first-order chi connectivity index (χ1) is 40.4. The van der Waals surface area contributed by atoms with Crippen molar-refractivity contribution >= 4 is 40.3 Å². The predicted molar refractivity (Wildman–Crippen MR) is 325 cm³/mol. The highest BCUT2D eigenvalue weighted by molar-refractivity contribution is 5.93. The number of H-pyrrole nitrogens is 1. The molecule has 0 radical (unpaired) electrons. The summed E-state index contributed by atoms with van der Waals surface area (Å²) in [4.78, 5) is 86.2. The maximum absolute atomic E-state index is 13.3. The highest BCUT2D eigenvalue weighted by Gasteiger charge is 2.38. The van der Waals surface area contributed by atoms with E-state index in [9.17, 15) is 24.0 Å². The Labute approximate surface area is 490 Å². The maximum Gasteiger partial charge on any atom is 0.270 e. The summed E-state index contributed by atoms with van der Waals surface area (Å²) in [5.74, 6) is 2.26. The number of carbonyl (C=O) groups excluding carboxylic acids is 4. The van der Waals surface area contributed by atoms with Crippen molar-refractivity contribution in [2.24, 2.45) is 11.7 Å². The number of fused-ring (bicyclic) bond motifs is 1. The van der Waals surface area contributed by atoms with Crippen LogP contribution >= 0.6 is 0 Å². The summed E-state index contributed by atoms with van der Waals surface area (Å²) in [5, 5.41) is 6.62. The van der Waals surface area contributed by atoms with Gasteiger partial charge in [0.05, 0.1) is 43.2 Å². The number of nitrogens with one attached hydrogen (secondary N) is 3. The topological polar surface area (TPSA) is 212 Å². The van der Waals surface area contributed by atoms with Gasteiger partial charge in [-0.2, -0.15) is 0 Å². The molecule has 6 heterocycles. The van der Waals surface area contributed by atoms with Crippen LogP contribution in [-0.4, -0.2) is 156 Å². The van der Waals surface area contributed by atoms with Gasteiger partial charge in [-0.05, 0) is 144 Å². The van der Waals surface area contributed by atoms with E-state index < -0.39 is 5.91 Å². The first kappa shape index (κ1) is 60.7. The molecule has 0 spiro atoms. The minimum Gasteiger partial charge on any atom is -0.497 e. The first-order valence-electron chi connectivity index (χ1n) is 30.8. The SMILES string of the molecule is CCOc1cc(OC)ccc1CNCC(=O)N1CCCC(c2cccc(C(N)=O)c2)C1.CCc1cc2ncc(CN3CCN(c4ccc(C(=O)NC5(CCCCN6CCN(C(=O)CC7CCCCC7)CC6)CCC5)nc4)CC3)cc2[nH]c1=O. The fraction of sp³-hybridized carbons (Fsp3) is 0.554. The van der Waals surface area contributed by atoms with Gasteiger partial charge in [-0.15, -0.1) is 0 Å². The van der Waals surface area contributed by atoms with Gasteiger partial charge in [-0.3, -0.25) is 38.8 Å². The van der Waals surface area contributed by atoms with Crippen LogP contribution < -0.4 is 36.3 Å². The van der Waals surface area contributed by atoms with Crippen molar-refractivity contribution in [2.45, 2.75) is 135 Å². The third-order valence-electron chi connectivity index (χ3n) is 17.9. The van der Waals surface area contributed by atoms with Gasteiger partial charge in [-0.25, -0.2) is 4.98 Å². The molecule has 3 aliphatic heterocycles. The molecule has 5 aromatic rings. The van der Waals surface area contributed by atoms with Gasteiger partial charge in [0.25, 0.3) is 11.5 Å². The fourth-order valence-electron chi connectivity index (χ4n) is 12.7. The molecule has 5 N–H and O–H groups in total. The number of methoxy groups -OCH3 is 1. The van der Waals surface area contributed by atoms with Gasteiger partial charge in [0.2, 0.25) is 17.7 Å². The largest absolute Gasteiger partial charge is 0.497 e. The molecule has 2 aromatic carbocycles. The number of primary amides is 1. The third kappa shape index (κ3) is 16.7. The lowest BCUT2D eigenvalue weighted by molar-refractivity contribution is -0.134. The molecule has 1 atom stereocenters. The summed E-state index contributed by atoms with van der Waals surface area (Å²) in [5.41, 5.74) is 12.8. The molecule has 4 amide bonds. The molecule has 2 saturated carbocycles. The molecule has 10 rings (SSSR count). The van der Waals surface area contributed by atoms with Gasteiger partial charge < -0.3 is 45.5 Å². The minimum absolute atomic E-state index is 0.0336. The Balaban J connectivity index is 0.000000228. The maximum atomic E-state index is 13.3. The van der Waals surface area contributed by atoms with Crippen LogP contribution in [0.5, 0.6) is 11.5 Å². The van der Waals surface area contributed by atoms with E-state index in [0.717, 1.165) is 180 Å². The molecule has 5 aliphatic rings. The molecule has 18 nitrogen and oxygen atoms in total. The van der Waals surface area contributed by atoms with E-state index in [1.54, 1.807) is 13.2 Å². The number of piperidine rings is 1. The molecule has 0 bridgehead atoms. The summed E-state index contributed by atoms with van der Waals surface area (Å²) in [6, 6.07) is 20.9. The molecule has 83 heavy (non-hydrogen) atoms. The van der Waals surface area contributed by atoms with Crippen LogP contribution in [0, 0.1) is 5.92 Å². The Morgan fingerprint density at radius 3 is 2.28 bits per heavy atom. The summed E-state index contributed by atoms with van der Waals surface area (Å²) in [7, 11) is 1.62. The molecular weight excluding hydrogens is 1050 g/mol. The predicted octanol–water partition coefficient (Wildman–Crippen LogP) is 7.83. The monoisotopic (exact) mass is 1140 g/mol. The molecule has 3 saturated heterocycles. The minimum atomic E-state index is -0.431. The summed E-state index contributed by atoms with van der Waals surface area (Å²) in [6.45, 7) is 15.8. The number of benzene rings is 2. The number of ether oxygens (including phenoxy) is 2. The van der Waals surface area contributed by atoms with E-state index in [1.807, 2.05) is 91.8 Å². The number of likely N-dealkylation sites (tertiary alicyclic amines) is 1. The number of rotatable bonds is 22. The Kier molecular flexibility index (Phi) is 21.6. The molecule has 446 valence electrons. The molecule has 3 aromatic heterocycles. The number of pyridine rings is 3. The molecular formula is C65H89N11O7. The number of nitrogens with zero attached hydrogens (tertiary/aromatic N) is 7. The number of amides is 4. The van der Waals surface area contributed by atoms with E-state index in [4.69, 9.17) is 15.2 Å². The van der Waals surface area contributed by atoms with Gasteiger partial charge >= 0.3 is 0 Å². The van der Waals surface area contributed by atoms with Gasteiger partial charge in [0.15, 0.2) is 0 Å². The zero-order valence-corrected chi connectivity index (χ0v) is 49.4. The Hall–Kier alpha value is -6.89. The second kappa shape index (κ2) is 29.6. The molecule has 5 fully saturated rings. The van der Waals surface area contributed by atoms with Crippen molar-refractivity contribution in [1.29, 1.82) is 0 Å². The van der Waals surface area contributed by atoms with E-state index in [2.05, 4.69) is 45.2 Å². The van der Waals surface area contributed by atoms with Gasteiger partial charge in [0, 0.05) is 125 Å². The van der Waals surface area contributed by atoms with Crippen LogP contribution in [0.4, 0.5) is 5.69 Å². The number of aromatic amines is 1. The third-order valence-corrected chi connectivity index (χ3v) is 17.9. The average Bonchev–Trinajstić information content (AvgIpc) is 3.52. The lowest BCUT2D eigenvalue weighted by atomic mass is 9.73. The first-order valence-corrected chi connectivity index (χ1v) is 30.8. The van der Waals surface area contributed by atoms with Crippen LogP contribution in [0.1, 0.15) is 153 Å². The van der Waals surface area contributed by atoms with Crippen molar-refractivity contribution in [3.63, 3.8) is 0 Å². The van der Waals surface area contributed by atoms with E-state index in [0.29, 0.717) is 49.2 Å². The number of hydrogen-bond donors (Lipinski definition) is 4. The van der Waals surface area contributed by atoms with Crippen molar-refractivity contribution in [3.8, 4) is 11.5 Å². The van der Waals surface area contributed by atoms with Crippen LogP contribution in [0.2, 0.25) is 0 Å². The number of unbranched alkanes of at least 4 members (excludes halogenated alkanes) is 1. The highest BCUT2D eigenvalue weighted by Crippen LogP contribution is 2.37. The molecule has 18 heteroatoms. The zero-order chi connectivity index (χ0) is 58.1. The lowest BCUT2D eigenvalue weighted by Gasteiger charge is -2.43. The fourth-order valence-corrected chi connectivity index (χ4v) is 12.7. The Bertz CT molecular complexity index is 3020. The normalized spacial score (nSPS) is 18.6. The number of carbonyl (C=O) groups is 4. The smallest absolute Gasteiger partial charge is 0.270 e. The van der Waals surface area contributed by atoms with Crippen molar-refractivity contribution < 1.29 is 28.7 Å². The van der Waals surface area contributed by atoms with E-state index >= 15 is 0 Å². The Morgan fingerprint density at radius 1 is 0.771 bits per heavy atom. The van der Waals surface area contributed by atoms with Crippen molar-refractivity contribution in [2.75, 3.05) is 97.2 Å². The lowest BCUT2D eigenvalue weighted by Crippen LogP contribution is -2.53. The Morgan fingerprint density at radius 2 is 1.57 bits per heavy atom. The number of piperazine rings is 2. The quantitative estimate of drug-likeness (QED) is 0.0488. The summed E-state index contributed by atoms with van der Waals surface area (Å²) in [6.07, 6.45) is 20.0. The van der Waals surface area contributed by atoms with Gasteiger partial charge in [0.1, 0.15) is 17.2 Å². The number of aromatic nitrogens is 3. The van der Waals surface area contributed by atoms with Crippen LogP contribution in [0.3, 0.4) is 0 Å². The number of aryl methyl sites for hydroxylation is 1. The summed E-state index contributed by atoms with van der Waals surface area (Å²) >= 11 is 0. The van der Waals surface area contributed by atoms with Gasteiger partial charge in [-0.1, -0.05) is 44.4 Å². The zero-order valence-electron chi connectivity index (χ0n) is 49.4.